The molecule has 0 bridgehead atoms. The number of rotatable bonds is 7. The number of azide groups is 1. The second-order valence-electron chi connectivity index (χ2n) is 12.9. The summed E-state index contributed by atoms with van der Waals surface area (Å²) in [6, 6.07) is 44.7. The van der Waals surface area contributed by atoms with Crippen LogP contribution in [0.25, 0.3) is 16.1 Å². The number of hydrogen-bond acceptors (Lipinski definition) is 10. The summed E-state index contributed by atoms with van der Waals surface area (Å²) in [7, 11) is 0. The van der Waals surface area contributed by atoms with E-state index in [1.165, 1.54) is 48.0 Å². The summed E-state index contributed by atoms with van der Waals surface area (Å²) in [6.07, 6.45) is 14.0. The summed E-state index contributed by atoms with van der Waals surface area (Å²) < 4.78 is 6.26. The van der Waals surface area contributed by atoms with Crippen molar-refractivity contribution in [1.82, 2.24) is 15.0 Å². The van der Waals surface area contributed by atoms with Gasteiger partial charge in [0.2, 0.25) is 11.6 Å². The van der Waals surface area contributed by atoms with E-state index >= 15 is 0 Å². The highest BCUT2D eigenvalue weighted by molar-refractivity contribution is 6.31. The molecule has 0 radical (unpaired) electrons. The number of ether oxygens (including phenoxy) is 1. The van der Waals surface area contributed by atoms with E-state index in [0.717, 1.165) is 30.6 Å². The molecule has 3 N–H and O–H groups in total. The number of nitrogens with zero attached hydrogens (tertiary/aromatic N) is 6. The fraction of sp³-hybridized carbons (Fsp3) is 0.118. The topological polar surface area (TPSA) is 201 Å². The lowest BCUT2D eigenvalue weighted by Crippen LogP contribution is -2.01. The third kappa shape index (κ3) is 19.6. The molecule has 1 fully saturated rings. The number of carbonyl (C=O) groups excluding carboxylic acids is 3. The predicted octanol–water partition coefficient (Wildman–Crippen LogP) is 11.6. The number of aliphatic hydroxyl groups is 1. The molecule has 0 spiro atoms. The predicted molar refractivity (Wildman–Crippen MR) is 258 cm³/mol. The van der Waals surface area contributed by atoms with Gasteiger partial charge in [0.05, 0.1) is 11.9 Å². The maximum Gasteiger partial charge on any atom is 0.235 e. The summed E-state index contributed by atoms with van der Waals surface area (Å²) >= 11 is 11.5. The van der Waals surface area contributed by atoms with Crippen molar-refractivity contribution in [3.8, 4) is 41.9 Å². The van der Waals surface area contributed by atoms with Gasteiger partial charge < -0.3 is 20.1 Å². The van der Waals surface area contributed by atoms with E-state index < -0.39 is 6.10 Å². The van der Waals surface area contributed by atoms with Crippen LogP contribution in [0.3, 0.4) is 0 Å². The Bertz CT molecular complexity index is 2670. The fourth-order valence-corrected chi connectivity index (χ4v) is 5.31. The van der Waals surface area contributed by atoms with Crippen LogP contribution in [-0.2, 0) is 4.74 Å². The van der Waals surface area contributed by atoms with Gasteiger partial charge in [-0.3, -0.25) is 14.4 Å². The zero-order chi connectivity index (χ0) is 47.2. The Morgan fingerprint density at radius 3 is 1.77 bits per heavy atom. The highest BCUT2D eigenvalue weighted by Gasteiger charge is 2.15. The first-order chi connectivity index (χ1) is 31.5. The van der Waals surface area contributed by atoms with Crippen molar-refractivity contribution in [3.05, 3.63) is 212 Å². The minimum absolute atomic E-state index is 0. The second kappa shape index (κ2) is 30.9. The summed E-state index contributed by atoms with van der Waals surface area (Å²) in [6.45, 7) is 2.00. The SMILES string of the molecule is C.C#CC(=O)c1ccccc1.C#CC(O)c1ccccc1.C1CCOC1.O=C(c1ccccc1)c1cn(-c2cc(Cl)ccc2O)nn1.O=Cc1ccccc1.[N-]=[N+]=Nc1cc(Cl)ccc1O. The highest BCUT2D eigenvalue weighted by atomic mass is 35.5. The van der Waals surface area contributed by atoms with Gasteiger partial charge in [0.1, 0.15) is 29.6 Å². The number of aromatic nitrogens is 3. The first-order valence-corrected chi connectivity index (χ1v) is 20.1. The molecule has 1 atom stereocenters. The maximum atomic E-state index is 12.2. The lowest BCUT2D eigenvalue weighted by Gasteiger charge is -2.03. The lowest BCUT2D eigenvalue weighted by atomic mass is 10.1. The molecule has 13 nitrogen and oxygen atoms in total. The molecule has 0 amide bonds. The third-order valence-corrected chi connectivity index (χ3v) is 8.71. The van der Waals surface area contributed by atoms with Crippen LogP contribution in [0.5, 0.6) is 11.5 Å². The number of aromatic hydroxyl groups is 2. The average Bonchev–Trinajstić information content (AvgIpc) is 4.12. The van der Waals surface area contributed by atoms with Crippen molar-refractivity contribution in [2.24, 2.45) is 5.11 Å². The van der Waals surface area contributed by atoms with Gasteiger partial charge in [-0.15, -0.1) is 17.9 Å². The van der Waals surface area contributed by atoms with Crippen LogP contribution in [0.15, 0.2) is 169 Å². The zero-order valence-electron chi connectivity index (χ0n) is 34.6. The lowest BCUT2D eigenvalue weighted by molar-refractivity contribution is 0.103. The monoisotopic (exact) mass is 924 g/mol. The fourth-order valence-electron chi connectivity index (χ4n) is 4.97. The van der Waals surface area contributed by atoms with Gasteiger partial charge in [-0.1, -0.05) is 168 Å². The summed E-state index contributed by atoms with van der Waals surface area (Å²) in [5.41, 5.74) is 11.3. The molecule has 1 aliphatic heterocycles. The molecule has 7 aromatic rings. The Kier molecular flexibility index (Phi) is 25.4. The minimum atomic E-state index is -0.763. The van der Waals surface area contributed by atoms with Gasteiger partial charge in [0.15, 0.2) is 5.69 Å². The van der Waals surface area contributed by atoms with E-state index in [-0.39, 0.29) is 41.9 Å². The standard InChI is InChI=1S/C15H10ClN3O2.C9H8O.C9H6O.C7H6O.C6H4ClN3O.C4H8O.CH4/c16-11-6-7-14(20)13(8-11)19-9-12(17-18-19)15(21)10-4-2-1-3-5-10;2*1-2-9(10)8-6-4-3-5-7-8;8-6-7-4-2-1-3-5-7;7-4-1-2-6(11)5(3-4)9-10-8;1-2-4-5-3-1;/h1-9,20H;1,3-7,9-10H;1,3-7H;1-6H;1-3,11H;1-4H2;1H4. The molecule has 0 aliphatic carbocycles. The normalized spacial score (nSPS) is 10.7. The highest BCUT2D eigenvalue weighted by Crippen LogP contribution is 2.29. The van der Waals surface area contributed by atoms with E-state index in [4.69, 9.17) is 56.5 Å². The number of phenolic OH excluding ortho intramolecular Hbond substituents is 2. The van der Waals surface area contributed by atoms with Gasteiger partial charge in [-0.05, 0) is 66.3 Å². The van der Waals surface area contributed by atoms with Gasteiger partial charge in [0, 0.05) is 44.9 Å². The third-order valence-electron chi connectivity index (χ3n) is 8.24. The molecule has 0 saturated carbocycles. The first-order valence-electron chi connectivity index (χ1n) is 19.4. The van der Waals surface area contributed by atoms with Crippen molar-refractivity contribution >= 4 is 46.7 Å². The molecular weight excluding hydrogens is 880 g/mol. The number of ketones is 2. The Hall–Kier alpha value is -8.00. The van der Waals surface area contributed by atoms with Crippen LogP contribution in [0.4, 0.5) is 5.69 Å². The van der Waals surface area contributed by atoms with Crippen LogP contribution < -0.4 is 0 Å². The minimum Gasteiger partial charge on any atom is -0.507 e. The van der Waals surface area contributed by atoms with Gasteiger partial charge in [-0.2, -0.15) is 0 Å². The molecule has 336 valence electrons. The van der Waals surface area contributed by atoms with Gasteiger partial charge >= 0.3 is 0 Å². The number of benzene rings is 6. The molecule has 1 saturated heterocycles. The van der Waals surface area contributed by atoms with E-state index in [0.29, 0.717) is 26.9 Å². The summed E-state index contributed by atoms with van der Waals surface area (Å²) in [5, 5.41) is 39.8. The van der Waals surface area contributed by atoms with Crippen molar-refractivity contribution in [1.29, 1.82) is 0 Å². The average molecular weight is 926 g/mol. The molecule has 1 aliphatic rings. The van der Waals surface area contributed by atoms with Crippen LogP contribution in [0, 0.1) is 24.7 Å². The molecule has 15 heteroatoms. The van der Waals surface area contributed by atoms with E-state index in [9.17, 15) is 19.5 Å². The number of Topliss-reactive ketones (excluding diaryl/α,β-unsaturated/α-hetero) is 1. The Morgan fingerprint density at radius 1 is 0.773 bits per heavy atom. The second-order valence-corrected chi connectivity index (χ2v) is 13.7. The molecule has 2 heterocycles. The number of aliphatic hydroxyl groups excluding tert-OH is 1. The van der Waals surface area contributed by atoms with Crippen LogP contribution in [0.2, 0.25) is 10.0 Å². The molecule has 8 rings (SSSR count). The number of carbonyl (C=O) groups is 3. The van der Waals surface area contributed by atoms with Crippen LogP contribution in [-0.4, -0.2) is 61.4 Å². The van der Waals surface area contributed by atoms with Gasteiger partial charge in [-0.25, -0.2) is 4.68 Å². The summed E-state index contributed by atoms with van der Waals surface area (Å²) in [5.74, 6) is 3.71. The van der Waals surface area contributed by atoms with Crippen molar-refractivity contribution in [2.75, 3.05) is 13.2 Å². The Balaban J connectivity index is 0.000000288. The largest absolute Gasteiger partial charge is 0.507 e. The number of phenols is 2. The summed E-state index contributed by atoms with van der Waals surface area (Å²) in [4.78, 5) is 35.5. The van der Waals surface area contributed by atoms with E-state index in [1.54, 1.807) is 84.9 Å². The van der Waals surface area contributed by atoms with Crippen molar-refractivity contribution < 1.29 is 34.4 Å². The molecule has 66 heavy (non-hydrogen) atoms. The van der Waals surface area contributed by atoms with Crippen molar-refractivity contribution in [3.63, 3.8) is 0 Å². The first kappa shape index (κ1) is 54.1. The number of aldehydes is 1. The van der Waals surface area contributed by atoms with Crippen LogP contribution in [0.1, 0.15) is 68.7 Å². The van der Waals surface area contributed by atoms with Gasteiger partial charge in [0.25, 0.3) is 0 Å². The number of terminal acetylenes is 2. The molecule has 6 aromatic carbocycles. The maximum absolute atomic E-state index is 12.2. The molecule has 1 unspecified atom stereocenters. The van der Waals surface area contributed by atoms with E-state index in [2.05, 4.69) is 26.3 Å². The smallest absolute Gasteiger partial charge is 0.235 e. The molecule has 1 aromatic heterocycles. The molecular formula is C51H46Cl2N6O7. The van der Waals surface area contributed by atoms with Crippen molar-refractivity contribution in [2.45, 2.75) is 26.4 Å². The zero-order valence-corrected chi connectivity index (χ0v) is 36.2. The quantitative estimate of drug-likeness (QED) is 0.0264. The number of halogens is 2. The van der Waals surface area contributed by atoms with E-state index in [1.807, 2.05) is 54.5 Å². The van der Waals surface area contributed by atoms with Crippen LogP contribution >= 0.6 is 23.2 Å². The Morgan fingerprint density at radius 2 is 1.29 bits per heavy atom. The number of hydrogen-bond donors (Lipinski definition) is 3. The Labute approximate surface area is 393 Å².